The molecule has 0 amide bonds. The van der Waals surface area contributed by atoms with Gasteiger partial charge in [-0.25, -0.2) is 4.98 Å². The van der Waals surface area contributed by atoms with Crippen LogP contribution in [0.3, 0.4) is 0 Å². The SMILES string of the molecule is CCNCc1cn(CCOCCC(C)C)cn1. The summed E-state index contributed by atoms with van der Waals surface area (Å²) in [5.74, 6) is 0.718. The largest absolute Gasteiger partial charge is 0.380 e. The highest BCUT2D eigenvalue weighted by Gasteiger charge is 1.98. The van der Waals surface area contributed by atoms with E-state index in [-0.39, 0.29) is 0 Å². The summed E-state index contributed by atoms with van der Waals surface area (Å²) < 4.78 is 7.66. The predicted molar refractivity (Wildman–Crippen MR) is 69.9 cm³/mol. The van der Waals surface area contributed by atoms with Crippen LogP contribution in [0.5, 0.6) is 0 Å². The minimum absolute atomic E-state index is 0.718. The van der Waals surface area contributed by atoms with E-state index in [4.69, 9.17) is 4.74 Å². The maximum atomic E-state index is 5.57. The third kappa shape index (κ3) is 6.44. The van der Waals surface area contributed by atoms with E-state index in [1.165, 1.54) is 0 Å². The van der Waals surface area contributed by atoms with Crippen LogP contribution < -0.4 is 5.32 Å². The van der Waals surface area contributed by atoms with Crippen molar-refractivity contribution < 1.29 is 4.74 Å². The molecule has 0 atom stereocenters. The molecule has 0 aliphatic heterocycles. The summed E-state index contributed by atoms with van der Waals surface area (Å²) in [4.78, 5) is 4.33. The second-order valence-corrected chi connectivity index (χ2v) is 4.68. The number of nitrogens with zero attached hydrogens (tertiary/aromatic N) is 2. The van der Waals surface area contributed by atoms with Crippen molar-refractivity contribution in [1.82, 2.24) is 14.9 Å². The van der Waals surface area contributed by atoms with Crippen LogP contribution in [-0.4, -0.2) is 29.3 Å². The second-order valence-electron chi connectivity index (χ2n) is 4.68. The van der Waals surface area contributed by atoms with Gasteiger partial charge >= 0.3 is 0 Å². The zero-order valence-corrected chi connectivity index (χ0v) is 11.3. The van der Waals surface area contributed by atoms with Gasteiger partial charge in [-0.05, 0) is 18.9 Å². The lowest BCUT2D eigenvalue weighted by Gasteiger charge is -2.06. The molecule has 0 saturated carbocycles. The number of nitrogens with one attached hydrogen (secondary N) is 1. The topological polar surface area (TPSA) is 39.1 Å². The van der Waals surface area contributed by atoms with Gasteiger partial charge < -0.3 is 14.6 Å². The molecule has 0 fully saturated rings. The van der Waals surface area contributed by atoms with E-state index in [2.05, 4.69) is 41.8 Å². The standard InChI is InChI=1S/C13H25N3O/c1-4-14-9-13-10-16(11-15-13)6-8-17-7-5-12(2)3/h10-12,14H,4-9H2,1-3H3. The first-order valence-corrected chi connectivity index (χ1v) is 6.51. The van der Waals surface area contributed by atoms with Crippen LogP contribution in [0.4, 0.5) is 0 Å². The first kappa shape index (κ1) is 14.2. The summed E-state index contributed by atoms with van der Waals surface area (Å²) in [5, 5.41) is 3.26. The van der Waals surface area contributed by atoms with Gasteiger partial charge in [-0.2, -0.15) is 0 Å². The van der Waals surface area contributed by atoms with Gasteiger partial charge in [0.15, 0.2) is 0 Å². The van der Waals surface area contributed by atoms with E-state index in [1.54, 1.807) is 0 Å². The van der Waals surface area contributed by atoms with Gasteiger partial charge in [0, 0.05) is 25.9 Å². The van der Waals surface area contributed by atoms with Crippen molar-refractivity contribution in [3.63, 3.8) is 0 Å². The summed E-state index contributed by atoms with van der Waals surface area (Å²) in [6.45, 7) is 10.9. The first-order valence-electron chi connectivity index (χ1n) is 6.51. The van der Waals surface area contributed by atoms with Crippen LogP contribution in [-0.2, 0) is 17.8 Å². The quantitative estimate of drug-likeness (QED) is 0.670. The Morgan fingerprint density at radius 2 is 2.24 bits per heavy atom. The fourth-order valence-electron chi connectivity index (χ4n) is 1.46. The zero-order chi connectivity index (χ0) is 12.5. The summed E-state index contributed by atoms with van der Waals surface area (Å²) in [6.07, 6.45) is 5.09. The monoisotopic (exact) mass is 239 g/mol. The Kier molecular flexibility index (Phi) is 6.89. The van der Waals surface area contributed by atoms with Crippen LogP contribution in [0.15, 0.2) is 12.5 Å². The minimum Gasteiger partial charge on any atom is -0.380 e. The van der Waals surface area contributed by atoms with E-state index >= 15 is 0 Å². The highest BCUT2D eigenvalue weighted by molar-refractivity contribution is 4.95. The van der Waals surface area contributed by atoms with Crippen molar-refractivity contribution >= 4 is 0 Å². The van der Waals surface area contributed by atoms with Crippen molar-refractivity contribution in [1.29, 1.82) is 0 Å². The molecule has 1 heterocycles. The molecular weight excluding hydrogens is 214 g/mol. The zero-order valence-electron chi connectivity index (χ0n) is 11.3. The summed E-state index contributed by atoms with van der Waals surface area (Å²) in [7, 11) is 0. The van der Waals surface area contributed by atoms with Crippen molar-refractivity contribution in [2.75, 3.05) is 19.8 Å². The van der Waals surface area contributed by atoms with Crippen molar-refractivity contribution in [2.24, 2.45) is 5.92 Å². The molecule has 0 aromatic carbocycles. The van der Waals surface area contributed by atoms with Gasteiger partial charge in [0.1, 0.15) is 0 Å². The molecule has 1 N–H and O–H groups in total. The Morgan fingerprint density at radius 3 is 2.94 bits per heavy atom. The normalized spacial score (nSPS) is 11.3. The molecule has 1 aromatic rings. The molecule has 0 unspecified atom stereocenters. The molecular formula is C13H25N3O. The molecule has 0 aliphatic carbocycles. The van der Waals surface area contributed by atoms with Gasteiger partial charge in [-0.15, -0.1) is 0 Å². The Bertz CT molecular complexity index is 297. The van der Waals surface area contributed by atoms with Gasteiger partial charge in [0.2, 0.25) is 0 Å². The molecule has 98 valence electrons. The Labute approximate surface area is 104 Å². The van der Waals surface area contributed by atoms with Crippen LogP contribution in [0, 0.1) is 5.92 Å². The summed E-state index contributed by atoms with van der Waals surface area (Å²) >= 11 is 0. The Balaban J connectivity index is 2.12. The number of imidazole rings is 1. The van der Waals surface area contributed by atoms with Crippen LogP contribution in [0.25, 0.3) is 0 Å². The number of ether oxygens (including phenoxy) is 1. The van der Waals surface area contributed by atoms with Gasteiger partial charge in [0.05, 0.1) is 18.6 Å². The summed E-state index contributed by atoms with van der Waals surface area (Å²) in [5.41, 5.74) is 1.09. The van der Waals surface area contributed by atoms with Crippen LogP contribution in [0.2, 0.25) is 0 Å². The fraction of sp³-hybridized carbons (Fsp3) is 0.769. The lowest BCUT2D eigenvalue weighted by Crippen LogP contribution is -2.12. The molecule has 0 saturated heterocycles. The van der Waals surface area contributed by atoms with Gasteiger partial charge in [0.25, 0.3) is 0 Å². The Hall–Kier alpha value is -0.870. The van der Waals surface area contributed by atoms with E-state index in [9.17, 15) is 0 Å². The van der Waals surface area contributed by atoms with E-state index in [1.807, 2.05) is 6.33 Å². The van der Waals surface area contributed by atoms with Gasteiger partial charge in [-0.3, -0.25) is 0 Å². The average Bonchev–Trinajstić information content (AvgIpc) is 2.73. The maximum Gasteiger partial charge on any atom is 0.0950 e. The molecule has 4 heteroatoms. The minimum atomic E-state index is 0.718. The molecule has 4 nitrogen and oxygen atoms in total. The lowest BCUT2D eigenvalue weighted by atomic mass is 10.1. The average molecular weight is 239 g/mol. The molecule has 0 spiro atoms. The molecule has 17 heavy (non-hydrogen) atoms. The predicted octanol–water partition coefficient (Wildman–Crippen LogP) is 2.06. The third-order valence-corrected chi connectivity index (χ3v) is 2.58. The lowest BCUT2D eigenvalue weighted by molar-refractivity contribution is 0.116. The molecule has 1 rings (SSSR count). The van der Waals surface area contributed by atoms with E-state index in [0.717, 1.165) is 50.9 Å². The molecule has 0 aliphatic rings. The fourth-order valence-corrected chi connectivity index (χ4v) is 1.46. The van der Waals surface area contributed by atoms with Crippen molar-refractivity contribution in [2.45, 2.75) is 40.3 Å². The van der Waals surface area contributed by atoms with Crippen molar-refractivity contribution in [3.8, 4) is 0 Å². The van der Waals surface area contributed by atoms with Crippen molar-refractivity contribution in [3.05, 3.63) is 18.2 Å². The second kappa shape index (κ2) is 8.25. The third-order valence-electron chi connectivity index (χ3n) is 2.58. The Morgan fingerprint density at radius 1 is 1.41 bits per heavy atom. The highest BCUT2D eigenvalue weighted by Crippen LogP contribution is 2.00. The van der Waals surface area contributed by atoms with E-state index < -0.39 is 0 Å². The smallest absolute Gasteiger partial charge is 0.0950 e. The maximum absolute atomic E-state index is 5.57. The van der Waals surface area contributed by atoms with E-state index in [0.29, 0.717) is 0 Å². The number of aromatic nitrogens is 2. The number of hydrogen-bond donors (Lipinski definition) is 1. The first-order chi connectivity index (χ1) is 8.22. The molecule has 0 radical (unpaired) electrons. The van der Waals surface area contributed by atoms with Gasteiger partial charge in [-0.1, -0.05) is 20.8 Å². The highest BCUT2D eigenvalue weighted by atomic mass is 16.5. The van der Waals surface area contributed by atoms with Crippen LogP contribution in [0.1, 0.15) is 32.9 Å². The summed E-state index contributed by atoms with van der Waals surface area (Å²) in [6, 6.07) is 0. The van der Waals surface area contributed by atoms with Crippen LogP contribution >= 0.6 is 0 Å². The number of hydrogen-bond acceptors (Lipinski definition) is 3. The molecule has 1 aromatic heterocycles. The molecule has 0 bridgehead atoms. The number of rotatable bonds is 9.